The zero-order chi connectivity index (χ0) is 14.0. The maximum absolute atomic E-state index is 13.5. The van der Waals surface area contributed by atoms with Gasteiger partial charge in [0.15, 0.2) is 0 Å². The SMILES string of the molecule is O=C(NCC1CCC(Br)C1)c1cc(F)c(Cl)cc1F. The lowest BCUT2D eigenvalue weighted by atomic mass is 10.1. The van der Waals surface area contributed by atoms with Gasteiger partial charge in [-0.05, 0) is 37.3 Å². The van der Waals surface area contributed by atoms with Crippen LogP contribution in [0.2, 0.25) is 5.02 Å². The van der Waals surface area contributed by atoms with Crippen molar-refractivity contribution in [2.45, 2.75) is 24.1 Å². The Morgan fingerprint density at radius 1 is 1.37 bits per heavy atom. The number of nitrogens with one attached hydrogen (secondary N) is 1. The lowest BCUT2D eigenvalue weighted by Gasteiger charge is -2.11. The maximum Gasteiger partial charge on any atom is 0.254 e. The summed E-state index contributed by atoms with van der Waals surface area (Å²) in [7, 11) is 0. The molecule has 1 amide bonds. The molecule has 1 aliphatic rings. The Morgan fingerprint density at radius 3 is 2.74 bits per heavy atom. The zero-order valence-electron chi connectivity index (χ0n) is 10.1. The van der Waals surface area contributed by atoms with Crippen LogP contribution in [0.4, 0.5) is 8.78 Å². The summed E-state index contributed by atoms with van der Waals surface area (Å²) >= 11 is 8.96. The third kappa shape index (κ3) is 3.66. The molecule has 0 spiro atoms. The number of amides is 1. The van der Waals surface area contributed by atoms with Crippen LogP contribution in [0.25, 0.3) is 0 Å². The minimum Gasteiger partial charge on any atom is -0.352 e. The lowest BCUT2D eigenvalue weighted by Crippen LogP contribution is -2.29. The number of halogens is 4. The van der Waals surface area contributed by atoms with Gasteiger partial charge >= 0.3 is 0 Å². The van der Waals surface area contributed by atoms with Gasteiger partial charge in [-0.3, -0.25) is 4.79 Å². The molecule has 2 atom stereocenters. The molecule has 2 unspecified atom stereocenters. The van der Waals surface area contributed by atoms with E-state index in [1.54, 1.807) is 0 Å². The average Bonchev–Trinajstić information content (AvgIpc) is 2.77. The number of hydrogen-bond donors (Lipinski definition) is 1. The fourth-order valence-corrected chi connectivity index (χ4v) is 3.17. The molecule has 1 aliphatic carbocycles. The molecule has 1 aromatic rings. The molecular formula is C13H13BrClF2NO. The highest BCUT2D eigenvalue weighted by Gasteiger charge is 2.23. The monoisotopic (exact) mass is 351 g/mol. The summed E-state index contributed by atoms with van der Waals surface area (Å²) in [6.45, 7) is 0.477. The first-order valence-electron chi connectivity index (χ1n) is 6.04. The zero-order valence-corrected chi connectivity index (χ0v) is 12.4. The minimum atomic E-state index is -0.811. The summed E-state index contributed by atoms with van der Waals surface area (Å²) in [5, 5.41) is 2.31. The highest BCUT2D eigenvalue weighted by Crippen LogP contribution is 2.30. The molecule has 2 nitrogen and oxygen atoms in total. The quantitative estimate of drug-likeness (QED) is 0.648. The summed E-state index contributed by atoms with van der Waals surface area (Å²) in [6, 6.07) is 1.64. The molecule has 1 aromatic carbocycles. The van der Waals surface area contributed by atoms with Crippen molar-refractivity contribution in [3.8, 4) is 0 Å². The molecule has 104 valence electrons. The first kappa shape index (κ1) is 14.7. The normalized spacial score (nSPS) is 22.5. The number of carbonyl (C=O) groups excluding carboxylic acids is 1. The van der Waals surface area contributed by atoms with Gasteiger partial charge in [0.05, 0.1) is 10.6 Å². The number of rotatable bonds is 3. The van der Waals surface area contributed by atoms with Crippen LogP contribution < -0.4 is 5.32 Å². The Kier molecular flexibility index (Phi) is 4.79. The van der Waals surface area contributed by atoms with E-state index in [2.05, 4.69) is 21.2 Å². The topological polar surface area (TPSA) is 29.1 Å². The second-order valence-electron chi connectivity index (χ2n) is 4.73. The van der Waals surface area contributed by atoms with Crippen molar-refractivity contribution in [3.05, 3.63) is 34.4 Å². The van der Waals surface area contributed by atoms with Crippen molar-refractivity contribution in [1.29, 1.82) is 0 Å². The Hall–Kier alpha value is -0.680. The average molecular weight is 353 g/mol. The van der Waals surface area contributed by atoms with E-state index in [1.807, 2.05) is 0 Å². The third-order valence-electron chi connectivity index (χ3n) is 3.28. The Labute approximate surface area is 123 Å². The van der Waals surface area contributed by atoms with E-state index in [9.17, 15) is 13.6 Å². The van der Waals surface area contributed by atoms with Crippen LogP contribution in [0, 0.1) is 17.6 Å². The van der Waals surface area contributed by atoms with E-state index in [-0.39, 0.29) is 10.6 Å². The summed E-state index contributed by atoms with van der Waals surface area (Å²) in [6.07, 6.45) is 3.08. The fraction of sp³-hybridized carbons (Fsp3) is 0.462. The van der Waals surface area contributed by atoms with E-state index in [0.717, 1.165) is 31.4 Å². The minimum absolute atomic E-state index is 0.310. The van der Waals surface area contributed by atoms with Gasteiger partial charge in [-0.15, -0.1) is 0 Å². The van der Waals surface area contributed by atoms with Crippen LogP contribution in [0.15, 0.2) is 12.1 Å². The maximum atomic E-state index is 13.5. The van der Waals surface area contributed by atoms with E-state index in [1.165, 1.54) is 0 Å². The van der Waals surface area contributed by atoms with Crippen LogP contribution in [0.5, 0.6) is 0 Å². The molecule has 0 aliphatic heterocycles. The number of hydrogen-bond acceptors (Lipinski definition) is 1. The van der Waals surface area contributed by atoms with E-state index < -0.39 is 17.5 Å². The summed E-state index contributed by atoms with van der Waals surface area (Å²) in [5.41, 5.74) is -0.310. The van der Waals surface area contributed by atoms with Crippen LogP contribution >= 0.6 is 27.5 Å². The molecule has 1 fully saturated rings. The van der Waals surface area contributed by atoms with Crippen molar-refractivity contribution in [2.75, 3.05) is 6.54 Å². The van der Waals surface area contributed by atoms with Crippen LogP contribution in [0.3, 0.4) is 0 Å². The number of alkyl halides is 1. The molecular weight excluding hydrogens is 340 g/mol. The molecule has 0 saturated heterocycles. The van der Waals surface area contributed by atoms with E-state index in [4.69, 9.17) is 11.6 Å². The Morgan fingerprint density at radius 2 is 2.11 bits per heavy atom. The Balaban J connectivity index is 1.98. The van der Waals surface area contributed by atoms with Crippen molar-refractivity contribution >= 4 is 33.4 Å². The van der Waals surface area contributed by atoms with Crippen LogP contribution in [-0.2, 0) is 0 Å². The van der Waals surface area contributed by atoms with Crippen LogP contribution in [-0.4, -0.2) is 17.3 Å². The first-order valence-corrected chi connectivity index (χ1v) is 7.33. The fourth-order valence-electron chi connectivity index (χ4n) is 2.23. The van der Waals surface area contributed by atoms with Crippen molar-refractivity contribution in [3.63, 3.8) is 0 Å². The predicted octanol–water partition coefficient (Wildman–Crippen LogP) is 3.91. The van der Waals surface area contributed by atoms with Gasteiger partial charge in [0.1, 0.15) is 11.6 Å². The molecule has 1 N–H and O–H groups in total. The van der Waals surface area contributed by atoms with Gasteiger partial charge in [0.25, 0.3) is 5.91 Å². The highest BCUT2D eigenvalue weighted by atomic mass is 79.9. The predicted molar refractivity (Wildman–Crippen MR) is 73.8 cm³/mol. The standard InChI is InChI=1S/C13H13BrClF2NO/c14-8-2-1-7(3-8)6-18-13(19)9-4-12(17)10(15)5-11(9)16/h4-5,7-8H,1-3,6H2,(H,18,19). The first-order chi connectivity index (χ1) is 8.97. The van der Waals surface area contributed by atoms with Gasteiger partial charge in [0, 0.05) is 11.4 Å². The van der Waals surface area contributed by atoms with Crippen molar-refractivity contribution in [1.82, 2.24) is 5.32 Å². The van der Waals surface area contributed by atoms with E-state index >= 15 is 0 Å². The van der Waals surface area contributed by atoms with Crippen LogP contribution in [0.1, 0.15) is 29.6 Å². The Bertz CT molecular complexity index is 498. The summed E-state index contributed by atoms with van der Waals surface area (Å²) in [4.78, 5) is 12.3. The molecule has 0 bridgehead atoms. The smallest absolute Gasteiger partial charge is 0.254 e. The second-order valence-corrected chi connectivity index (χ2v) is 6.43. The van der Waals surface area contributed by atoms with Crippen molar-refractivity contribution in [2.24, 2.45) is 5.92 Å². The molecule has 0 aromatic heterocycles. The van der Waals surface area contributed by atoms with Gasteiger partial charge in [0.2, 0.25) is 0 Å². The third-order valence-corrected chi connectivity index (χ3v) is 4.40. The number of benzene rings is 1. The molecule has 0 heterocycles. The van der Waals surface area contributed by atoms with Gasteiger partial charge in [-0.2, -0.15) is 0 Å². The molecule has 19 heavy (non-hydrogen) atoms. The summed E-state index contributed by atoms with van der Waals surface area (Å²) in [5.74, 6) is -1.83. The number of carbonyl (C=O) groups is 1. The molecule has 0 radical (unpaired) electrons. The van der Waals surface area contributed by atoms with E-state index in [0.29, 0.717) is 17.3 Å². The molecule has 1 saturated carbocycles. The second kappa shape index (κ2) is 6.18. The molecule has 6 heteroatoms. The lowest BCUT2D eigenvalue weighted by molar-refractivity contribution is 0.0943. The largest absolute Gasteiger partial charge is 0.352 e. The highest BCUT2D eigenvalue weighted by molar-refractivity contribution is 9.09. The van der Waals surface area contributed by atoms with Gasteiger partial charge in [-0.1, -0.05) is 27.5 Å². The summed E-state index contributed by atoms with van der Waals surface area (Å²) < 4.78 is 26.8. The van der Waals surface area contributed by atoms with Gasteiger partial charge in [-0.25, -0.2) is 8.78 Å². The van der Waals surface area contributed by atoms with Gasteiger partial charge < -0.3 is 5.32 Å². The van der Waals surface area contributed by atoms with Crippen molar-refractivity contribution < 1.29 is 13.6 Å². The molecule has 2 rings (SSSR count).